The van der Waals surface area contributed by atoms with Crippen LogP contribution >= 0.6 is 11.6 Å². The first-order valence-electron chi connectivity index (χ1n) is 10.0. The summed E-state index contributed by atoms with van der Waals surface area (Å²) in [5.41, 5.74) is 5.54. The molecule has 2 atom stereocenters. The molecule has 0 spiro atoms. The minimum absolute atomic E-state index is 0.0465. The third-order valence-electron chi connectivity index (χ3n) is 6.02. The number of aryl methyl sites for hydroxylation is 1. The maximum Gasteiger partial charge on any atom is 0.157 e. The Balaban J connectivity index is 1.65. The van der Waals surface area contributed by atoms with Gasteiger partial charge >= 0.3 is 0 Å². The molecule has 148 valence electrons. The van der Waals surface area contributed by atoms with Crippen LogP contribution in [-0.2, 0) is 9.59 Å². The number of carbonyl (C=O) groups excluding carboxylic acids is 2. The minimum Gasteiger partial charge on any atom is -0.320 e. The highest BCUT2D eigenvalue weighted by Gasteiger charge is 2.44. The van der Waals surface area contributed by atoms with Gasteiger partial charge in [-0.2, -0.15) is 0 Å². The zero-order chi connectivity index (χ0) is 20.8. The topological polar surface area (TPSA) is 38.5 Å². The molecule has 2 heterocycles. The van der Waals surface area contributed by atoms with E-state index in [1.165, 1.54) is 0 Å². The van der Waals surface area contributed by atoms with Gasteiger partial charge in [0.05, 0.1) is 5.92 Å². The Labute approximate surface area is 179 Å². The second kappa shape index (κ2) is 7.26. The summed E-state index contributed by atoms with van der Waals surface area (Å²) in [6.45, 7) is 1.91. The predicted octanol–water partition coefficient (Wildman–Crippen LogP) is 5.98. The number of hydrogen-bond acceptors (Lipinski definition) is 2. The first kappa shape index (κ1) is 18.8. The van der Waals surface area contributed by atoms with E-state index in [0.717, 1.165) is 27.9 Å². The zero-order valence-electron chi connectivity index (χ0n) is 16.5. The Hall–Kier alpha value is -3.17. The summed E-state index contributed by atoms with van der Waals surface area (Å²) < 4.78 is 2.04. The first-order chi connectivity index (χ1) is 14.5. The van der Waals surface area contributed by atoms with Crippen LogP contribution in [-0.4, -0.2) is 16.0 Å². The molecule has 0 radical (unpaired) electrons. The molecular weight excluding hydrogens is 394 g/mol. The van der Waals surface area contributed by atoms with Crippen LogP contribution in [0.4, 0.5) is 0 Å². The van der Waals surface area contributed by atoms with Crippen LogP contribution in [0.25, 0.3) is 16.6 Å². The highest BCUT2D eigenvalue weighted by Crippen LogP contribution is 2.43. The van der Waals surface area contributed by atoms with Gasteiger partial charge in [0.1, 0.15) is 11.7 Å². The van der Waals surface area contributed by atoms with Gasteiger partial charge in [0.25, 0.3) is 0 Å². The molecule has 3 nitrogen and oxygen atoms in total. The molecule has 1 saturated carbocycles. The van der Waals surface area contributed by atoms with Crippen LogP contribution in [0.2, 0.25) is 5.02 Å². The molecule has 2 aromatic carbocycles. The molecule has 30 heavy (non-hydrogen) atoms. The summed E-state index contributed by atoms with van der Waals surface area (Å²) in [5, 5.41) is 0.578. The standard InChI is InChI=1S/C26H20ClNO2/c1-16-10-11-18(13-22(16)27)24-23(29)15-21(26(24)30)25-20(17-7-3-2-4-8-17)14-19-9-5-6-12-28(19)25/h2-14,21,24H,15H2,1H3. The molecule has 5 rings (SSSR count). The van der Waals surface area contributed by atoms with Crippen molar-refractivity contribution in [2.75, 3.05) is 0 Å². The number of fused-ring (bicyclic) bond motifs is 1. The van der Waals surface area contributed by atoms with Gasteiger partial charge in [-0.3, -0.25) is 9.59 Å². The van der Waals surface area contributed by atoms with Crippen LogP contribution in [0.15, 0.2) is 79.0 Å². The summed E-state index contributed by atoms with van der Waals surface area (Å²) in [7, 11) is 0. The second-order valence-electron chi connectivity index (χ2n) is 7.87. The molecule has 0 amide bonds. The van der Waals surface area contributed by atoms with Crippen molar-refractivity contribution in [3.63, 3.8) is 0 Å². The van der Waals surface area contributed by atoms with Gasteiger partial charge in [-0.05, 0) is 47.9 Å². The van der Waals surface area contributed by atoms with Crippen molar-refractivity contribution in [2.45, 2.75) is 25.2 Å². The van der Waals surface area contributed by atoms with Gasteiger partial charge in [0, 0.05) is 34.4 Å². The van der Waals surface area contributed by atoms with E-state index in [0.29, 0.717) is 10.6 Å². The molecular formula is C26H20ClNO2. The van der Waals surface area contributed by atoms with Crippen molar-refractivity contribution in [1.29, 1.82) is 0 Å². The fraction of sp³-hybridized carbons (Fsp3) is 0.154. The number of aromatic nitrogens is 1. The van der Waals surface area contributed by atoms with Crippen molar-refractivity contribution >= 4 is 28.7 Å². The number of nitrogens with zero attached hydrogens (tertiary/aromatic N) is 1. The Kier molecular flexibility index (Phi) is 4.56. The maximum absolute atomic E-state index is 13.6. The maximum atomic E-state index is 13.6. The molecule has 2 aromatic heterocycles. The summed E-state index contributed by atoms with van der Waals surface area (Å²) in [4.78, 5) is 26.6. The summed E-state index contributed by atoms with van der Waals surface area (Å²) in [6.07, 6.45) is 2.17. The fourth-order valence-electron chi connectivity index (χ4n) is 4.50. The number of pyridine rings is 1. The molecule has 0 N–H and O–H groups in total. The number of ketones is 2. The lowest BCUT2D eigenvalue weighted by Crippen LogP contribution is -2.16. The van der Waals surface area contributed by atoms with Crippen molar-refractivity contribution in [1.82, 2.24) is 4.40 Å². The van der Waals surface area contributed by atoms with E-state index in [2.05, 4.69) is 6.07 Å². The smallest absolute Gasteiger partial charge is 0.157 e. The average molecular weight is 414 g/mol. The number of hydrogen-bond donors (Lipinski definition) is 0. The molecule has 0 aliphatic heterocycles. The molecule has 4 heteroatoms. The van der Waals surface area contributed by atoms with Gasteiger partial charge < -0.3 is 4.40 Å². The van der Waals surface area contributed by atoms with E-state index in [4.69, 9.17) is 11.6 Å². The van der Waals surface area contributed by atoms with E-state index >= 15 is 0 Å². The molecule has 2 unspecified atom stereocenters. The number of halogens is 1. The summed E-state index contributed by atoms with van der Waals surface area (Å²) >= 11 is 6.28. The van der Waals surface area contributed by atoms with Crippen LogP contribution in [0, 0.1) is 6.92 Å². The number of benzene rings is 2. The van der Waals surface area contributed by atoms with Gasteiger partial charge in [0.2, 0.25) is 0 Å². The van der Waals surface area contributed by atoms with Crippen molar-refractivity contribution < 1.29 is 9.59 Å². The molecule has 1 aliphatic rings. The van der Waals surface area contributed by atoms with Gasteiger partial charge in [-0.25, -0.2) is 0 Å². The summed E-state index contributed by atoms with van der Waals surface area (Å²) in [6, 6.07) is 23.5. The Morgan fingerprint density at radius 1 is 0.933 bits per heavy atom. The third-order valence-corrected chi connectivity index (χ3v) is 6.43. The third kappa shape index (κ3) is 2.98. The van der Waals surface area contributed by atoms with Gasteiger partial charge in [-0.1, -0.05) is 60.1 Å². The van der Waals surface area contributed by atoms with E-state index in [9.17, 15) is 9.59 Å². The average Bonchev–Trinajstić information content (AvgIpc) is 3.27. The Bertz CT molecular complexity index is 1290. The Morgan fingerprint density at radius 3 is 2.47 bits per heavy atom. The highest BCUT2D eigenvalue weighted by molar-refractivity contribution is 6.31. The molecule has 1 fully saturated rings. The van der Waals surface area contributed by atoms with Gasteiger partial charge in [-0.15, -0.1) is 0 Å². The molecule has 0 bridgehead atoms. The lowest BCUT2D eigenvalue weighted by atomic mass is 9.91. The van der Waals surface area contributed by atoms with Crippen molar-refractivity contribution in [3.05, 3.63) is 101 Å². The lowest BCUT2D eigenvalue weighted by molar-refractivity contribution is -0.124. The molecule has 1 aliphatic carbocycles. The zero-order valence-corrected chi connectivity index (χ0v) is 17.3. The second-order valence-corrected chi connectivity index (χ2v) is 8.28. The largest absolute Gasteiger partial charge is 0.320 e. The lowest BCUT2D eigenvalue weighted by Gasteiger charge is -2.14. The van der Waals surface area contributed by atoms with E-state index in [1.807, 2.05) is 78.2 Å². The van der Waals surface area contributed by atoms with E-state index < -0.39 is 11.8 Å². The fourth-order valence-corrected chi connectivity index (χ4v) is 4.69. The van der Waals surface area contributed by atoms with Crippen molar-refractivity contribution in [3.8, 4) is 11.1 Å². The minimum atomic E-state index is -0.758. The monoisotopic (exact) mass is 413 g/mol. The van der Waals surface area contributed by atoms with E-state index in [1.54, 1.807) is 6.07 Å². The number of rotatable bonds is 3. The summed E-state index contributed by atoms with van der Waals surface area (Å²) in [5.74, 6) is -1.34. The molecule has 4 aromatic rings. The quantitative estimate of drug-likeness (QED) is 0.387. The predicted molar refractivity (Wildman–Crippen MR) is 119 cm³/mol. The van der Waals surface area contributed by atoms with Crippen LogP contribution in [0.3, 0.4) is 0 Å². The SMILES string of the molecule is Cc1ccc(C2C(=O)CC(c3c(-c4ccccc4)cc4ccccn34)C2=O)cc1Cl. The highest BCUT2D eigenvalue weighted by atomic mass is 35.5. The van der Waals surface area contributed by atoms with Gasteiger partial charge in [0.15, 0.2) is 5.78 Å². The first-order valence-corrected chi connectivity index (χ1v) is 10.4. The number of carbonyl (C=O) groups is 2. The van der Waals surface area contributed by atoms with Crippen LogP contribution < -0.4 is 0 Å². The molecule has 0 saturated heterocycles. The normalized spacial score (nSPS) is 19.0. The van der Waals surface area contributed by atoms with Crippen LogP contribution in [0.5, 0.6) is 0 Å². The van der Waals surface area contributed by atoms with Crippen LogP contribution in [0.1, 0.15) is 35.1 Å². The van der Waals surface area contributed by atoms with E-state index in [-0.39, 0.29) is 18.0 Å². The van der Waals surface area contributed by atoms with Crippen molar-refractivity contribution in [2.24, 2.45) is 0 Å². The number of Topliss-reactive ketones (excluding diaryl/α,β-unsaturated/α-hetero) is 2. The Morgan fingerprint density at radius 2 is 1.70 bits per heavy atom.